The zero-order chi connectivity index (χ0) is 15.1. The molecule has 3 heteroatoms. The molecule has 0 aliphatic rings. The Morgan fingerprint density at radius 2 is 1.86 bits per heavy atom. The van der Waals surface area contributed by atoms with Crippen molar-refractivity contribution in [2.24, 2.45) is 0 Å². The second-order valence-electron chi connectivity index (χ2n) is 5.14. The van der Waals surface area contributed by atoms with Crippen molar-refractivity contribution in [3.63, 3.8) is 0 Å². The third kappa shape index (κ3) is 4.35. The highest BCUT2D eigenvalue weighted by molar-refractivity contribution is 5.99. The van der Waals surface area contributed by atoms with Gasteiger partial charge in [0.05, 0.1) is 5.56 Å². The monoisotopic (exact) mass is 282 g/mol. The van der Waals surface area contributed by atoms with Gasteiger partial charge in [-0.2, -0.15) is 0 Å². The number of nitrogens with one attached hydrogen (secondary N) is 2. The average Bonchev–Trinajstić information content (AvgIpc) is 2.52. The van der Waals surface area contributed by atoms with Crippen LogP contribution in [0.3, 0.4) is 0 Å². The number of rotatable bonds is 6. The Bertz CT molecular complexity index is 593. The van der Waals surface area contributed by atoms with Gasteiger partial charge in [0, 0.05) is 18.8 Å². The van der Waals surface area contributed by atoms with Crippen molar-refractivity contribution >= 4 is 11.6 Å². The van der Waals surface area contributed by atoms with E-state index in [-0.39, 0.29) is 5.91 Å². The van der Waals surface area contributed by atoms with Crippen molar-refractivity contribution in [3.8, 4) is 0 Å². The van der Waals surface area contributed by atoms with Gasteiger partial charge in [0.15, 0.2) is 0 Å². The molecule has 0 heterocycles. The molecule has 0 fully saturated rings. The van der Waals surface area contributed by atoms with E-state index >= 15 is 0 Å². The molecular weight excluding hydrogens is 260 g/mol. The predicted octanol–water partition coefficient (Wildman–Crippen LogP) is 3.75. The van der Waals surface area contributed by atoms with Crippen LogP contribution >= 0.6 is 0 Å². The van der Waals surface area contributed by atoms with Crippen molar-refractivity contribution in [1.82, 2.24) is 5.32 Å². The molecule has 0 unspecified atom stereocenters. The van der Waals surface area contributed by atoms with Crippen LogP contribution in [0.4, 0.5) is 5.69 Å². The first-order valence-electron chi connectivity index (χ1n) is 7.37. The number of amides is 1. The molecule has 0 saturated carbocycles. The second kappa shape index (κ2) is 7.48. The summed E-state index contributed by atoms with van der Waals surface area (Å²) in [7, 11) is 0. The van der Waals surface area contributed by atoms with E-state index in [9.17, 15) is 4.79 Å². The Balaban J connectivity index is 2.08. The van der Waals surface area contributed by atoms with E-state index in [1.54, 1.807) is 0 Å². The van der Waals surface area contributed by atoms with Crippen LogP contribution in [-0.2, 0) is 6.54 Å². The standard InChI is InChI=1S/C18H22N2O/c1-3-11-19-17-10-9-14(2)12-16(17)18(21)20-13-15-7-5-4-6-8-15/h4-10,12,19H,3,11,13H2,1-2H3,(H,20,21). The molecule has 3 nitrogen and oxygen atoms in total. The Morgan fingerprint density at radius 1 is 1.10 bits per heavy atom. The van der Waals surface area contributed by atoms with Gasteiger partial charge in [0.1, 0.15) is 0 Å². The Morgan fingerprint density at radius 3 is 2.57 bits per heavy atom. The minimum Gasteiger partial charge on any atom is -0.384 e. The van der Waals surface area contributed by atoms with Crippen LogP contribution in [0.1, 0.15) is 34.8 Å². The molecule has 0 radical (unpaired) electrons. The van der Waals surface area contributed by atoms with Gasteiger partial charge in [0.2, 0.25) is 0 Å². The number of carbonyl (C=O) groups excluding carboxylic acids is 1. The maximum atomic E-state index is 12.4. The summed E-state index contributed by atoms with van der Waals surface area (Å²) in [6.45, 7) is 5.51. The van der Waals surface area contributed by atoms with Crippen LogP contribution < -0.4 is 10.6 Å². The van der Waals surface area contributed by atoms with Crippen LogP contribution in [0, 0.1) is 6.92 Å². The summed E-state index contributed by atoms with van der Waals surface area (Å²) in [4.78, 5) is 12.4. The van der Waals surface area contributed by atoms with E-state index in [0.29, 0.717) is 12.1 Å². The number of hydrogen-bond acceptors (Lipinski definition) is 2. The summed E-state index contributed by atoms with van der Waals surface area (Å²) in [6, 6.07) is 15.9. The first-order valence-corrected chi connectivity index (χ1v) is 7.37. The molecule has 0 spiro atoms. The highest BCUT2D eigenvalue weighted by Gasteiger charge is 2.11. The maximum Gasteiger partial charge on any atom is 0.253 e. The fourth-order valence-corrected chi connectivity index (χ4v) is 2.13. The van der Waals surface area contributed by atoms with Gasteiger partial charge >= 0.3 is 0 Å². The van der Waals surface area contributed by atoms with Gasteiger partial charge in [-0.25, -0.2) is 0 Å². The summed E-state index contributed by atoms with van der Waals surface area (Å²) >= 11 is 0. The van der Waals surface area contributed by atoms with Crippen molar-refractivity contribution < 1.29 is 4.79 Å². The summed E-state index contributed by atoms with van der Waals surface area (Å²) < 4.78 is 0. The normalized spacial score (nSPS) is 10.2. The molecule has 0 atom stereocenters. The molecular formula is C18H22N2O. The van der Waals surface area contributed by atoms with Crippen molar-refractivity contribution in [2.75, 3.05) is 11.9 Å². The highest BCUT2D eigenvalue weighted by atomic mass is 16.1. The molecule has 0 aliphatic carbocycles. The lowest BCUT2D eigenvalue weighted by atomic mass is 10.1. The summed E-state index contributed by atoms with van der Waals surface area (Å²) in [5, 5.41) is 6.29. The van der Waals surface area contributed by atoms with Gasteiger partial charge in [-0.05, 0) is 31.0 Å². The van der Waals surface area contributed by atoms with Crippen molar-refractivity contribution in [1.29, 1.82) is 0 Å². The van der Waals surface area contributed by atoms with Crippen LogP contribution in [0.5, 0.6) is 0 Å². The average molecular weight is 282 g/mol. The molecule has 2 aromatic carbocycles. The molecule has 0 aromatic heterocycles. The van der Waals surface area contributed by atoms with Gasteiger partial charge in [0.25, 0.3) is 5.91 Å². The summed E-state index contributed by atoms with van der Waals surface area (Å²) in [5.74, 6) is -0.0406. The van der Waals surface area contributed by atoms with E-state index in [1.165, 1.54) is 0 Å². The predicted molar refractivity (Wildman–Crippen MR) is 87.6 cm³/mol. The smallest absolute Gasteiger partial charge is 0.253 e. The molecule has 2 N–H and O–H groups in total. The lowest BCUT2D eigenvalue weighted by Gasteiger charge is -2.13. The van der Waals surface area contributed by atoms with Gasteiger partial charge in [-0.1, -0.05) is 48.9 Å². The molecule has 2 rings (SSSR count). The number of benzene rings is 2. The molecule has 0 saturated heterocycles. The third-order valence-corrected chi connectivity index (χ3v) is 3.28. The first kappa shape index (κ1) is 15.1. The summed E-state index contributed by atoms with van der Waals surface area (Å²) in [6.07, 6.45) is 1.03. The Kier molecular flexibility index (Phi) is 5.38. The topological polar surface area (TPSA) is 41.1 Å². The lowest BCUT2D eigenvalue weighted by Crippen LogP contribution is -2.24. The summed E-state index contributed by atoms with van der Waals surface area (Å²) in [5.41, 5.74) is 3.79. The quantitative estimate of drug-likeness (QED) is 0.847. The van der Waals surface area contributed by atoms with Crippen molar-refractivity contribution in [3.05, 3.63) is 65.2 Å². The lowest BCUT2D eigenvalue weighted by molar-refractivity contribution is 0.0951. The van der Waals surface area contributed by atoms with Crippen LogP contribution in [-0.4, -0.2) is 12.5 Å². The number of carbonyl (C=O) groups is 1. The van der Waals surface area contributed by atoms with Gasteiger partial charge in [-0.15, -0.1) is 0 Å². The first-order chi connectivity index (χ1) is 10.2. The number of hydrogen-bond donors (Lipinski definition) is 2. The highest BCUT2D eigenvalue weighted by Crippen LogP contribution is 2.17. The van der Waals surface area contributed by atoms with Gasteiger partial charge < -0.3 is 10.6 Å². The van der Waals surface area contributed by atoms with E-state index in [0.717, 1.165) is 29.8 Å². The van der Waals surface area contributed by atoms with E-state index in [2.05, 4.69) is 17.6 Å². The second-order valence-corrected chi connectivity index (χ2v) is 5.14. The van der Waals surface area contributed by atoms with Gasteiger partial charge in [-0.3, -0.25) is 4.79 Å². The molecule has 21 heavy (non-hydrogen) atoms. The Hall–Kier alpha value is -2.29. The number of aryl methyl sites for hydroxylation is 1. The molecule has 0 aliphatic heterocycles. The van der Waals surface area contributed by atoms with E-state index in [4.69, 9.17) is 0 Å². The largest absolute Gasteiger partial charge is 0.384 e. The van der Waals surface area contributed by atoms with Crippen LogP contribution in [0.25, 0.3) is 0 Å². The van der Waals surface area contributed by atoms with Crippen LogP contribution in [0.15, 0.2) is 48.5 Å². The minimum atomic E-state index is -0.0406. The van der Waals surface area contributed by atoms with Crippen molar-refractivity contribution in [2.45, 2.75) is 26.8 Å². The van der Waals surface area contributed by atoms with E-state index in [1.807, 2.05) is 55.5 Å². The fourth-order valence-electron chi connectivity index (χ4n) is 2.13. The molecule has 110 valence electrons. The fraction of sp³-hybridized carbons (Fsp3) is 0.278. The maximum absolute atomic E-state index is 12.4. The molecule has 0 bridgehead atoms. The SMILES string of the molecule is CCCNc1ccc(C)cc1C(=O)NCc1ccccc1. The van der Waals surface area contributed by atoms with Crippen LogP contribution in [0.2, 0.25) is 0 Å². The Labute approximate surface area is 126 Å². The number of anilines is 1. The third-order valence-electron chi connectivity index (χ3n) is 3.28. The molecule has 2 aromatic rings. The van der Waals surface area contributed by atoms with E-state index < -0.39 is 0 Å². The molecule has 1 amide bonds. The minimum absolute atomic E-state index is 0.0406. The zero-order valence-electron chi connectivity index (χ0n) is 12.6. The zero-order valence-corrected chi connectivity index (χ0v) is 12.6.